The van der Waals surface area contributed by atoms with E-state index >= 15 is 0 Å². The van der Waals surface area contributed by atoms with Crippen molar-refractivity contribution in [2.45, 2.75) is 25.0 Å². The van der Waals surface area contributed by atoms with Crippen molar-refractivity contribution in [3.8, 4) is 23.0 Å². The quantitative estimate of drug-likeness (QED) is 0.676. The van der Waals surface area contributed by atoms with Crippen molar-refractivity contribution in [3.63, 3.8) is 0 Å². The molecule has 5 rings (SSSR count). The fourth-order valence-electron chi connectivity index (χ4n) is 3.77. The number of benzene rings is 3. The molecule has 2 atom stereocenters. The minimum atomic E-state index is 0.000278. The molecule has 0 saturated carbocycles. The van der Waals surface area contributed by atoms with E-state index in [1.165, 1.54) is 11.1 Å². The average molecular weight is 374 g/mol. The van der Waals surface area contributed by atoms with Gasteiger partial charge in [0.15, 0.2) is 23.0 Å². The van der Waals surface area contributed by atoms with Crippen molar-refractivity contribution in [2.75, 3.05) is 13.2 Å². The molecule has 0 fully saturated rings. The van der Waals surface area contributed by atoms with Crippen molar-refractivity contribution >= 4 is 0 Å². The molecule has 4 heteroatoms. The molecule has 4 nitrogen and oxygen atoms in total. The molecule has 142 valence electrons. The molecule has 2 aliphatic rings. The smallest absolute Gasteiger partial charge is 0.161 e. The third-order valence-corrected chi connectivity index (χ3v) is 5.15. The van der Waals surface area contributed by atoms with Crippen molar-refractivity contribution in [1.82, 2.24) is 0 Å². The summed E-state index contributed by atoms with van der Waals surface area (Å²) >= 11 is 0. The van der Waals surface area contributed by atoms with E-state index in [1.54, 1.807) is 0 Å². The Labute approximate surface area is 164 Å². The third-order valence-electron chi connectivity index (χ3n) is 5.15. The van der Waals surface area contributed by atoms with E-state index in [9.17, 15) is 0 Å². The predicted octanol–water partition coefficient (Wildman–Crippen LogP) is 4.45. The molecule has 3 aromatic rings. The van der Waals surface area contributed by atoms with Crippen LogP contribution in [0.5, 0.6) is 23.0 Å². The second kappa shape index (κ2) is 7.47. The van der Waals surface area contributed by atoms with Crippen LogP contribution in [-0.4, -0.2) is 25.4 Å². The summed E-state index contributed by atoms with van der Waals surface area (Å²) in [5.74, 6) is 3.27. The molecule has 0 saturated heterocycles. The van der Waals surface area contributed by atoms with Gasteiger partial charge >= 0.3 is 0 Å². The van der Waals surface area contributed by atoms with Gasteiger partial charge in [0, 0.05) is 12.8 Å². The summed E-state index contributed by atoms with van der Waals surface area (Å²) in [6.45, 7) is 1.11. The highest BCUT2D eigenvalue weighted by Crippen LogP contribution is 2.33. The van der Waals surface area contributed by atoms with Crippen LogP contribution >= 0.6 is 0 Å². The van der Waals surface area contributed by atoms with Crippen molar-refractivity contribution in [2.24, 2.45) is 0 Å². The maximum Gasteiger partial charge on any atom is 0.161 e. The van der Waals surface area contributed by atoms with Crippen LogP contribution in [-0.2, 0) is 12.8 Å². The number of ether oxygens (including phenoxy) is 4. The first-order valence-corrected chi connectivity index (χ1v) is 9.69. The first kappa shape index (κ1) is 17.0. The third kappa shape index (κ3) is 3.50. The Morgan fingerprint density at radius 3 is 1.39 bits per heavy atom. The van der Waals surface area contributed by atoms with Crippen LogP contribution in [0.4, 0.5) is 0 Å². The largest absolute Gasteiger partial charge is 0.486 e. The lowest BCUT2D eigenvalue weighted by Gasteiger charge is -2.29. The highest BCUT2D eigenvalue weighted by atomic mass is 16.6. The summed E-state index contributed by atoms with van der Waals surface area (Å²) in [4.78, 5) is 0. The van der Waals surface area contributed by atoms with Crippen LogP contribution in [0.1, 0.15) is 11.1 Å². The zero-order valence-corrected chi connectivity index (χ0v) is 15.5. The van der Waals surface area contributed by atoms with Gasteiger partial charge in [0.1, 0.15) is 25.4 Å². The van der Waals surface area contributed by atoms with E-state index in [0.717, 1.165) is 35.8 Å². The van der Waals surface area contributed by atoms with Crippen LogP contribution in [0.2, 0.25) is 0 Å². The van der Waals surface area contributed by atoms with E-state index in [2.05, 4.69) is 24.3 Å². The Morgan fingerprint density at radius 1 is 0.536 bits per heavy atom. The van der Waals surface area contributed by atoms with Crippen molar-refractivity contribution in [3.05, 3.63) is 83.9 Å². The molecule has 0 amide bonds. The average Bonchev–Trinajstić information content (AvgIpc) is 2.75. The fraction of sp³-hybridized carbons (Fsp3) is 0.250. The molecule has 2 aliphatic heterocycles. The van der Waals surface area contributed by atoms with Crippen LogP contribution < -0.4 is 18.9 Å². The molecule has 0 radical (unpaired) electrons. The summed E-state index contributed by atoms with van der Waals surface area (Å²) in [7, 11) is 0. The monoisotopic (exact) mass is 374 g/mol. The van der Waals surface area contributed by atoms with Gasteiger partial charge < -0.3 is 18.9 Å². The van der Waals surface area contributed by atoms with Gasteiger partial charge in [-0.2, -0.15) is 0 Å². The van der Waals surface area contributed by atoms with E-state index in [4.69, 9.17) is 18.9 Å². The molecule has 0 aliphatic carbocycles. The summed E-state index contributed by atoms with van der Waals surface area (Å²) in [5, 5.41) is 0. The Balaban J connectivity index is 1.29. The normalized spacial score (nSPS) is 19.9. The zero-order valence-electron chi connectivity index (χ0n) is 15.5. The zero-order chi connectivity index (χ0) is 18.8. The molecule has 0 bridgehead atoms. The van der Waals surface area contributed by atoms with E-state index in [0.29, 0.717) is 13.2 Å². The molecule has 28 heavy (non-hydrogen) atoms. The van der Waals surface area contributed by atoms with Gasteiger partial charge in [-0.15, -0.1) is 0 Å². The number of hydrogen-bond donors (Lipinski definition) is 0. The highest BCUT2D eigenvalue weighted by molar-refractivity contribution is 5.42. The Kier molecular flexibility index (Phi) is 4.53. The van der Waals surface area contributed by atoms with Crippen LogP contribution in [0, 0.1) is 0 Å². The van der Waals surface area contributed by atoms with Gasteiger partial charge in [-0.25, -0.2) is 0 Å². The van der Waals surface area contributed by atoms with E-state index in [-0.39, 0.29) is 12.2 Å². The highest BCUT2D eigenvalue weighted by Gasteiger charge is 2.24. The van der Waals surface area contributed by atoms with Crippen LogP contribution in [0.25, 0.3) is 0 Å². The number of para-hydroxylation sites is 4. The van der Waals surface area contributed by atoms with Gasteiger partial charge in [0.05, 0.1) is 0 Å². The van der Waals surface area contributed by atoms with Gasteiger partial charge in [-0.05, 0) is 35.4 Å². The summed E-state index contributed by atoms with van der Waals surface area (Å²) in [6.07, 6.45) is 1.60. The van der Waals surface area contributed by atoms with Gasteiger partial charge in [-0.1, -0.05) is 48.5 Å². The first-order valence-electron chi connectivity index (χ1n) is 9.69. The minimum absolute atomic E-state index is 0.000278. The molecule has 0 N–H and O–H groups in total. The first-order chi connectivity index (χ1) is 13.8. The second-order valence-corrected chi connectivity index (χ2v) is 7.17. The molecular formula is C24H22O4. The Morgan fingerprint density at radius 2 is 0.929 bits per heavy atom. The lowest BCUT2D eigenvalue weighted by Crippen LogP contribution is -2.33. The second-order valence-electron chi connectivity index (χ2n) is 7.17. The van der Waals surface area contributed by atoms with Gasteiger partial charge in [0.2, 0.25) is 0 Å². The van der Waals surface area contributed by atoms with Crippen molar-refractivity contribution < 1.29 is 18.9 Å². The maximum absolute atomic E-state index is 6.15. The summed E-state index contributed by atoms with van der Waals surface area (Å²) in [6, 6.07) is 24.1. The number of hydrogen-bond acceptors (Lipinski definition) is 4. The fourth-order valence-corrected chi connectivity index (χ4v) is 3.77. The lowest BCUT2D eigenvalue weighted by atomic mass is 9.97. The lowest BCUT2D eigenvalue weighted by molar-refractivity contribution is 0.0875. The predicted molar refractivity (Wildman–Crippen MR) is 107 cm³/mol. The molecular weight excluding hydrogens is 352 g/mol. The van der Waals surface area contributed by atoms with Crippen LogP contribution in [0.15, 0.2) is 72.8 Å². The van der Waals surface area contributed by atoms with Gasteiger partial charge in [0.25, 0.3) is 0 Å². The molecule has 2 unspecified atom stereocenters. The standard InChI is InChI=1S/C24H22O4/c1-2-8-18(14-20-16-26-22-10-4-6-12-24(22)28-20)17(7-1)13-19-15-25-21-9-3-5-11-23(21)27-19/h1-12,19-20H,13-16H2. The molecule has 2 heterocycles. The summed E-state index contributed by atoms with van der Waals surface area (Å²) in [5.41, 5.74) is 2.52. The van der Waals surface area contributed by atoms with E-state index in [1.807, 2.05) is 48.5 Å². The van der Waals surface area contributed by atoms with Crippen molar-refractivity contribution in [1.29, 1.82) is 0 Å². The number of rotatable bonds is 4. The topological polar surface area (TPSA) is 36.9 Å². The number of fused-ring (bicyclic) bond motifs is 2. The van der Waals surface area contributed by atoms with Crippen LogP contribution in [0.3, 0.4) is 0 Å². The molecule has 0 spiro atoms. The van der Waals surface area contributed by atoms with E-state index < -0.39 is 0 Å². The Hall–Kier alpha value is -3.14. The minimum Gasteiger partial charge on any atom is -0.486 e. The Bertz CT molecular complexity index is 890. The SMILES string of the molecule is c1ccc(CC2COc3ccccc3O2)c(CC2COc3ccccc3O2)c1. The summed E-state index contributed by atoms with van der Waals surface area (Å²) < 4.78 is 24.0. The molecule has 0 aromatic heterocycles. The van der Waals surface area contributed by atoms with Gasteiger partial charge in [-0.3, -0.25) is 0 Å². The maximum atomic E-state index is 6.15. The molecule has 3 aromatic carbocycles.